The number of rotatable bonds is 4. The van der Waals surface area contributed by atoms with Gasteiger partial charge in [-0.1, -0.05) is 0 Å². The van der Waals surface area contributed by atoms with Crippen LogP contribution in [-0.4, -0.2) is 23.5 Å². The topological polar surface area (TPSA) is 44.7 Å². The summed E-state index contributed by atoms with van der Waals surface area (Å²) < 4.78 is 0. The SMILES string of the molecule is CCON(CC)NO. The average Bonchev–Trinajstić information content (AvgIpc) is 1.83. The fourth-order valence-electron chi connectivity index (χ4n) is 0.347. The van der Waals surface area contributed by atoms with Crippen LogP contribution in [0.5, 0.6) is 0 Å². The van der Waals surface area contributed by atoms with Gasteiger partial charge in [0.1, 0.15) is 0 Å². The van der Waals surface area contributed by atoms with Crippen LogP contribution >= 0.6 is 0 Å². The number of hydrogen-bond donors (Lipinski definition) is 2. The van der Waals surface area contributed by atoms with Crippen molar-refractivity contribution in [3.05, 3.63) is 0 Å². The summed E-state index contributed by atoms with van der Waals surface area (Å²) in [6, 6.07) is 0. The molecule has 0 atom stereocenters. The minimum Gasteiger partial charge on any atom is -0.300 e. The Morgan fingerprint density at radius 2 is 2.25 bits per heavy atom. The van der Waals surface area contributed by atoms with E-state index in [0.29, 0.717) is 13.2 Å². The molecular weight excluding hydrogens is 108 g/mol. The second kappa shape index (κ2) is 4.99. The number of hydrazine groups is 1. The number of hydrogen-bond acceptors (Lipinski definition) is 4. The molecule has 4 nitrogen and oxygen atoms in total. The Morgan fingerprint density at radius 1 is 1.62 bits per heavy atom. The summed E-state index contributed by atoms with van der Waals surface area (Å²) in [5, 5.41) is 9.44. The molecule has 0 heterocycles. The molecule has 0 amide bonds. The van der Waals surface area contributed by atoms with Crippen LogP contribution in [0.1, 0.15) is 13.8 Å². The van der Waals surface area contributed by atoms with Gasteiger partial charge >= 0.3 is 0 Å². The van der Waals surface area contributed by atoms with Crippen LogP contribution < -0.4 is 5.59 Å². The predicted octanol–water partition coefficient (Wildman–Crippen LogP) is 0.154. The third-order valence-corrected chi connectivity index (χ3v) is 0.684. The Kier molecular flexibility index (Phi) is 4.89. The van der Waals surface area contributed by atoms with Crippen molar-refractivity contribution < 1.29 is 10.0 Å². The molecule has 2 N–H and O–H groups in total. The molecule has 0 aliphatic rings. The zero-order chi connectivity index (χ0) is 6.41. The summed E-state index contributed by atoms with van der Waals surface area (Å²) >= 11 is 0. The first-order valence-corrected chi connectivity index (χ1v) is 2.65. The van der Waals surface area contributed by atoms with E-state index in [1.165, 1.54) is 5.17 Å². The molecule has 0 saturated carbocycles. The predicted molar refractivity (Wildman–Crippen MR) is 28.9 cm³/mol. The lowest BCUT2D eigenvalue weighted by molar-refractivity contribution is -0.251. The van der Waals surface area contributed by atoms with Crippen molar-refractivity contribution in [1.29, 1.82) is 0 Å². The first kappa shape index (κ1) is 7.84. The molecule has 0 unspecified atom stereocenters. The van der Waals surface area contributed by atoms with Crippen LogP contribution in [0, 0.1) is 0 Å². The zero-order valence-corrected chi connectivity index (χ0v) is 5.22. The van der Waals surface area contributed by atoms with Crippen LogP contribution in [0.25, 0.3) is 0 Å². The number of nitrogens with zero attached hydrogens (tertiary/aromatic N) is 1. The molecular formula is C4H12N2O2. The number of hydroxylamine groups is 1. The highest BCUT2D eigenvalue weighted by molar-refractivity contribution is 4.18. The van der Waals surface area contributed by atoms with Crippen LogP contribution in [0.15, 0.2) is 0 Å². The first-order valence-electron chi connectivity index (χ1n) is 2.65. The lowest BCUT2D eigenvalue weighted by Gasteiger charge is -2.14. The third-order valence-electron chi connectivity index (χ3n) is 0.684. The van der Waals surface area contributed by atoms with E-state index in [2.05, 4.69) is 0 Å². The highest BCUT2D eigenvalue weighted by Crippen LogP contribution is 1.79. The summed E-state index contributed by atoms with van der Waals surface area (Å²) in [5.74, 6) is 0. The van der Waals surface area contributed by atoms with Gasteiger partial charge < -0.3 is 0 Å². The minimum atomic E-state index is 0.557. The van der Waals surface area contributed by atoms with E-state index in [1.807, 2.05) is 19.4 Å². The molecule has 0 rings (SSSR count). The molecule has 0 radical (unpaired) electrons. The van der Waals surface area contributed by atoms with Gasteiger partial charge in [0, 0.05) is 6.54 Å². The Bertz CT molecular complexity index is 47.3. The maximum atomic E-state index is 8.21. The Morgan fingerprint density at radius 3 is 2.38 bits per heavy atom. The Hall–Kier alpha value is -0.160. The summed E-state index contributed by atoms with van der Waals surface area (Å²) in [6.07, 6.45) is 0. The van der Waals surface area contributed by atoms with Crippen molar-refractivity contribution >= 4 is 0 Å². The normalized spacial score (nSPS) is 10.5. The van der Waals surface area contributed by atoms with Crippen LogP contribution in [-0.2, 0) is 4.84 Å². The van der Waals surface area contributed by atoms with Crippen molar-refractivity contribution in [2.45, 2.75) is 13.8 Å². The highest BCUT2D eigenvalue weighted by Gasteiger charge is 1.93. The maximum absolute atomic E-state index is 8.21. The molecule has 0 saturated heterocycles. The third kappa shape index (κ3) is 2.92. The van der Waals surface area contributed by atoms with Crippen LogP contribution in [0.2, 0.25) is 0 Å². The van der Waals surface area contributed by atoms with E-state index in [-0.39, 0.29) is 0 Å². The molecule has 50 valence electrons. The monoisotopic (exact) mass is 120 g/mol. The van der Waals surface area contributed by atoms with E-state index in [1.54, 1.807) is 0 Å². The van der Waals surface area contributed by atoms with Gasteiger partial charge in [-0.25, -0.2) is 0 Å². The van der Waals surface area contributed by atoms with Gasteiger partial charge in [-0.05, 0) is 13.8 Å². The fraction of sp³-hybridized carbons (Fsp3) is 1.00. The molecule has 0 aromatic carbocycles. The molecule has 0 bridgehead atoms. The minimum absolute atomic E-state index is 0.557. The van der Waals surface area contributed by atoms with E-state index < -0.39 is 0 Å². The van der Waals surface area contributed by atoms with E-state index >= 15 is 0 Å². The van der Waals surface area contributed by atoms with Crippen LogP contribution in [0.3, 0.4) is 0 Å². The number of nitrogens with one attached hydrogen (secondary N) is 1. The lowest BCUT2D eigenvalue weighted by atomic mass is 10.8. The molecule has 8 heavy (non-hydrogen) atoms. The summed E-state index contributed by atoms with van der Waals surface area (Å²) in [6.45, 7) is 4.88. The second-order valence-corrected chi connectivity index (χ2v) is 1.21. The molecule has 0 spiro atoms. The first-order chi connectivity index (χ1) is 3.85. The van der Waals surface area contributed by atoms with E-state index in [0.717, 1.165) is 0 Å². The summed E-state index contributed by atoms with van der Waals surface area (Å²) in [5.41, 5.74) is 1.86. The molecule has 0 fully saturated rings. The summed E-state index contributed by atoms with van der Waals surface area (Å²) in [7, 11) is 0. The van der Waals surface area contributed by atoms with Crippen molar-refractivity contribution in [2.24, 2.45) is 0 Å². The van der Waals surface area contributed by atoms with Gasteiger partial charge in [-0.15, -0.1) is 10.8 Å². The van der Waals surface area contributed by atoms with Crippen LogP contribution in [0.4, 0.5) is 0 Å². The molecule has 4 heteroatoms. The molecule has 0 aliphatic heterocycles. The van der Waals surface area contributed by atoms with Crippen molar-refractivity contribution in [3.63, 3.8) is 0 Å². The average molecular weight is 120 g/mol. The largest absolute Gasteiger partial charge is 0.300 e. The van der Waals surface area contributed by atoms with Crippen molar-refractivity contribution in [1.82, 2.24) is 10.8 Å². The maximum Gasteiger partial charge on any atom is 0.0674 e. The summed E-state index contributed by atoms with van der Waals surface area (Å²) in [4.78, 5) is 4.81. The smallest absolute Gasteiger partial charge is 0.0674 e. The standard InChI is InChI=1S/C4H12N2O2/c1-3-6(5-7)8-4-2/h5,7H,3-4H2,1-2H3. The second-order valence-electron chi connectivity index (χ2n) is 1.21. The molecule has 0 aliphatic carbocycles. The molecule has 0 aromatic heterocycles. The van der Waals surface area contributed by atoms with Gasteiger partial charge in [0.2, 0.25) is 0 Å². The zero-order valence-electron chi connectivity index (χ0n) is 5.22. The Balaban J connectivity index is 3.07. The van der Waals surface area contributed by atoms with E-state index in [4.69, 9.17) is 10.0 Å². The van der Waals surface area contributed by atoms with E-state index in [9.17, 15) is 0 Å². The highest BCUT2D eigenvalue weighted by atomic mass is 16.8. The van der Waals surface area contributed by atoms with Crippen molar-refractivity contribution in [3.8, 4) is 0 Å². The molecule has 0 aromatic rings. The van der Waals surface area contributed by atoms with Crippen molar-refractivity contribution in [2.75, 3.05) is 13.2 Å². The van der Waals surface area contributed by atoms with Gasteiger partial charge in [-0.3, -0.25) is 10.0 Å². The Labute approximate surface area is 48.9 Å². The quantitative estimate of drug-likeness (QED) is 0.518. The lowest BCUT2D eigenvalue weighted by Crippen LogP contribution is -2.35. The van der Waals surface area contributed by atoms with Gasteiger partial charge in [-0.2, -0.15) is 0 Å². The van der Waals surface area contributed by atoms with Gasteiger partial charge in [0.15, 0.2) is 0 Å². The van der Waals surface area contributed by atoms with Gasteiger partial charge in [0.05, 0.1) is 6.61 Å². The fourth-order valence-corrected chi connectivity index (χ4v) is 0.347. The van der Waals surface area contributed by atoms with Gasteiger partial charge in [0.25, 0.3) is 0 Å².